The van der Waals surface area contributed by atoms with Gasteiger partial charge in [-0.2, -0.15) is 0 Å². The number of fused-ring (bicyclic) bond motifs is 1. The minimum Gasteiger partial charge on any atom is -0.481 e. The first kappa shape index (κ1) is 17.5. The lowest BCUT2D eigenvalue weighted by molar-refractivity contribution is -0.137. The van der Waals surface area contributed by atoms with Gasteiger partial charge in [-0.1, -0.05) is 0 Å². The van der Waals surface area contributed by atoms with Crippen LogP contribution in [0.25, 0.3) is 0 Å². The van der Waals surface area contributed by atoms with Gasteiger partial charge in [-0.25, -0.2) is 13.4 Å². The number of aromatic amines is 1. The third kappa shape index (κ3) is 3.71. The van der Waals surface area contributed by atoms with E-state index in [0.29, 0.717) is 6.54 Å². The van der Waals surface area contributed by atoms with E-state index in [2.05, 4.69) is 9.97 Å². The Balaban J connectivity index is 1.83. The van der Waals surface area contributed by atoms with Gasteiger partial charge in [-0.05, 0) is 0 Å². The number of rotatable bonds is 4. The molecule has 0 aliphatic carbocycles. The molecule has 2 aliphatic heterocycles. The molecule has 0 unspecified atom stereocenters. The molecule has 1 aromatic rings. The number of aromatic nitrogens is 2. The number of piperazine rings is 1. The van der Waals surface area contributed by atoms with E-state index in [1.807, 2.05) is 4.90 Å². The molecule has 3 heterocycles. The summed E-state index contributed by atoms with van der Waals surface area (Å²) in [5.41, 5.74) is -0.391. The highest BCUT2D eigenvalue weighted by molar-refractivity contribution is 7.91. The number of aliphatic carboxylic acids is 1. The summed E-state index contributed by atoms with van der Waals surface area (Å²) < 4.78 is 24.2. The number of nitrogens with one attached hydrogen (secondary N) is 1. The number of carbonyl (C=O) groups excluding carboxylic acids is 1. The lowest BCUT2D eigenvalue weighted by Gasteiger charge is -2.43. The van der Waals surface area contributed by atoms with Crippen LogP contribution in [0.2, 0.25) is 0 Å². The summed E-state index contributed by atoms with van der Waals surface area (Å²) in [5, 5.41) is 8.85. The highest BCUT2D eigenvalue weighted by Gasteiger charge is 2.48. The van der Waals surface area contributed by atoms with Crippen LogP contribution in [0, 0.1) is 0 Å². The Morgan fingerprint density at radius 2 is 2.00 bits per heavy atom. The predicted octanol–water partition coefficient (Wildman–Crippen LogP) is -1.83. The fourth-order valence-corrected chi connectivity index (χ4v) is 5.41. The summed E-state index contributed by atoms with van der Waals surface area (Å²) in [6.45, 7) is 0.903. The second-order valence-electron chi connectivity index (χ2n) is 6.19. The van der Waals surface area contributed by atoms with Gasteiger partial charge in [-0.3, -0.25) is 19.3 Å². The topological polar surface area (TPSA) is 141 Å². The molecule has 3 rings (SSSR count). The van der Waals surface area contributed by atoms with E-state index in [4.69, 9.17) is 5.11 Å². The molecule has 0 saturated carbocycles. The molecule has 0 aromatic carbocycles. The van der Waals surface area contributed by atoms with Crippen molar-refractivity contribution in [2.45, 2.75) is 18.5 Å². The number of sulfone groups is 1. The van der Waals surface area contributed by atoms with Crippen LogP contribution in [0.4, 0.5) is 0 Å². The van der Waals surface area contributed by atoms with Crippen LogP contribution in [0.1, 0.15) is 16.9 Å². The van der Waals surface area contributed by atoms with E-state index >= 15 is 0 Å². The zero-order valence-corrected chi connectivity index (χ0v) is 14.1. The minimum atomic E-state index is -3.32. The fourth-order valence-electron chi connectivity index (χ4n) is 3.40. The van der Waals surface area contributed by atoms with Crippen LogP contribution < -0.4 is 5.56 Å². The molecule has 2 fully saturated rings. The van der Waals surface area contributed by atoms with E-state index in [9.17, 15) is 22.8 Å². The molecule has 2 saturated heterocycles. The Morgan fingerprint density at radius 3 is 2.64 bits per heavy atom. The van der Waals surface area contributed by atoms with Gasteiger partial charge in [0.2, 0.25) is 0 Å². The summed E-state index contributed by atoms with van der Waals surface area (Å²) in [6, 6.07) is -0.974. The molecule has 11 heteroatoms. The molecule has 0 bridgehead atoms. The first-order chi connectivity index (χ1) is 11.8. The van der Waals surface area contributed by atoms with Gasteiger partial charge in [0.05, 0.1) is 30.2 Å². The summed E-state index contributed by atoms with van der Waals surface area (Å²) in [4.78, 5) is 44.0. The van der Waals surface area contributed by atoms with Crippen LogP contribution in [-0.4, -0.2) is 88.4 Å². The first-order valence-corrected chi connectivity index (χ1v) is 9.61. The molecule has 0 spiro atoms. The number of amides is 1. The predicted molar refractivity (Wildman–Crippen MR) is 85.9 cm³/mol. The smallest absolute Gasteiger partial charge is 0.304 e. The average Bonchev–Trinajstić information content (AvgIpc) is 2.87. The van der Waals surface area contributed by atoms with Gasteiger partial charge >= 0.3 is 5.97 Å². The summed E-state index contributed by atoms with van der Waals surface area (Å²) in [5.74, 6) is -1.65. The number of hydrogen-bond acceptors (Lipinski definition) is 7. The van der Waals surface area contributed by atoms with E-state index in [-0.39, 0.29) is 36.7 Å². The van der Waals surface area contributed by atoms with Gasteiger partial charge < -0.3 is 15.0 Å². The molecule has 2 aliphatic rings. The van der Waals surface area contributed by atoms with Crippen LogP contribution in [0.3, 0.4) is 0 Å². The van der Waals surface area contributed by atoms with Crippen molar-refractivity contribution in [2.75, 3.05) is 31.1 Å². The van der Waals surface area contributed by atoms with Crippen LogP contribution in [-0.2, 0) is 14.6 Å². The van der Waals surface area contributed by atoms with E-state index in [0.717, 1.165) is 6.20 Å². The summed E-state index contributed by atoms with van der Waals surface area (Å²) in [6.07, 6.45) is 2.12. The first-order valence-electron chi connectivity index (χ1n) is 7.79. The van der Waals surface area contributed by atoms with Gasteiger partial charge in [0.1, 0.15) is 5.69 Å². The Hall–Kier alpha value is -2.27. The zero-order chi connectivity index (χ0) is 18.2. The van der Waals surface area contributed by atoms with Gasteiger partial charge in [0, 0.05) is 31.9 Å². The Kier molecular flexibility index (Phi) is 4.60. The number of carboxylic acid groups (broad SMARTS) is 1. The molecule has 2 N–H and O–H groups in total. The molecule has 10 nitrogen and oxygen atoms in total. The van der Waals surface area contributed by atoms with Crippen LogP contribution in [0.5, 0.6) is 0 Å². The molecule has 0 radical (unpaired) electrons. The highest BCUT2D eigenvalue weighted by Crippen LogP contribution is 2.28. The van der Waals surface area contributed by atoms with E-state index in [1.165, 1.54) is 11.1 Å². The SMILES string of the molecule is O=C(O)CCN1CCN(C(=O)c2c[nH]c(=O)cn2)[C@@H]2CS(=O)(=O)C[C@@H]21. The van der Waals surface area contributed by atoms with Crippen molar-refractivity contribution >= 4 is 21.7 Å². The number of H-pyrrole nitrogens is 1. The molecule has 1 aromatic heterocycles. The van der Waals surface area contributed by atoms with Crippen molar-refractivity contribution in [1.29, 1.82) is 0 Å². The summed E-state index contributed by atoms with van der Waals surface area (Å²) in [7, 11) is -3.32. The number of carboxylic acids is 1. The standard InChI is InChI=1S/C14H18N4O6S/c19-12-6-15-9(5-16-12)14(22)18-4-3-17(2-1-13(20)21)10-7-25(23,24)8-11(10)18/h5-6,10-11H,1-4,7-8H2,(H,16,19)(H,20,21)/t10-,11+/m0/s1. The molecular weight excluding hydrogens is 352 g/mol. The Morgan fingerprint density at radius 1 is 1.28 bits per heavy atom. The van der Waals surface area contributed by atoms with Crippen molar-refractivity contribution in [3.05, 3.63) is 28.4 Å². The number of hydrogen-bond donors (Lipinski definition) is 2. The van der Waals surface area contributed by atoms with Crippen LogP contribution >= 0.6 is 0 Å². The molecule has 2 atom stereocenters. The maximum absolute atomic E-state index is 12.7. The average molecular weight is 370 g/mol. The minimum absolute atomic E-state index is 0.0432. The maximum atomic E-state index is 12.7. The molecule has 136 valence electrons. The van der Waals surface area contributed by atoms with Gasteiger partial charge in [0.15, 0.2) is 9.84 Å². The van der Waals surface area contributed by atoms with Crippen molar-refractivity contribution < 1.29 is 23.1 Å². The largest absolute Gasteiger partial charge is 0.481 e. The molecule has 25 heavy (non-hydrogen) atoms. The molecular formula is C14H18N4O6S. The normalized spacial score (nSPS) is 25.5. The second-order valence-corrected chi connectivity index (χ2v) is 8.34. The Bertz CT molecular complexity index is 831. The zero-order valence-electron chi connectivity index (χ0n) is 13.3. The van der Waals surface area contributed by atoms with Gasteiger partial charge in [0.25, 0.3) is 11.5 Å². The van der Waals surface area contributed by atoms with Gasteiger partial charge in [-0.15, -0.1) is 0 Å². The number of carbonyl (C=O) groups is 2. The van der Waals surface area contributed by atoms with E-state index < -0.39 is 39.4 Å². The van der Waals surface area contributed by atoms with Crippen molar-refractivity contribution in [3.63, 3.8) is 0 Å². The second kappa shape index (κ2) is 6.56. The fraction of sp³-hybridized carbons (Fsp3) is 0.571. The highest BCUT2D eigenvalue weighted by atomic mass is 32.2. The quantitative estimate of drug-likeness (QED) is 0.630. The van der Waals surface area contributed by atoms with E-state index in [1.54, 1.807) is 0 Å². The van der Waals surface area contributed by atoms with Crippen molar-refractivity contribution in [1.82, 2.24) is 19.8 Å². The lowest BCUT2D eigenvalue weighted by atomic mass is 10.0. The third-order valence-electron chi connectivity index (χ3n) is 4.56. The van der Waals surface area contributed by atoms with Crippen molar-refractivity contribution in [3.8, 4) is 0 Å². The molecule has 1 amide bonds. The third-order valence-corrected chi connectivity index (χ3v) is 6.25. The monoisotopic (exact) mass is 370 g/mol. The Labute approximate surface area is 143 Å². The summed E-state index contributed by atoms with van der Waals surface area (Å²) >= 11 is 0. The van der Waals surface area contributed by atoms with Crippen molar-refractivity contribution in [2.24, 2.45) is 0 Å². The lowest BCUT2D eigenvalue weighted by Crippen LogP contribution is -2.60. The maximum Gasteiger partial charge on any atom is 0.304 e. The number of nitrogens with zero attached hydrogens (tertiary/aromatic N) is 3. The van der Waals surface area contributed by atoms with Crippen LogP contribution in [0.15, 0.2) is 17.2 Å².